The first-order chi connectivity index (χ1) is 12.9. The van der Waals surface area contributed by atoms with E-state index in [-0.39, 0.29) is 18.5 Å². The van der Waals surface area contributed by atoms with Crippen LogP contribution in [0.4, 0.5) is 0 Å². The molecule has 3 aromatic rings. The van der Waals surface area contributed by atoms with E-state index in [1.165, 1.54) is 0 Å². The third kappa shape index (κ3) is 4.11. The molecular weight excluding hydrogens is 364 g/mol. The van der Waals surface area contributed by atoms with Gasteiger partial charge in [0.25, 0.3) is 0 Å². The Morgan fingerprint density at radius 3 is 2.67 bits per heavy atom. The van der Waals surface area contributed by atoms with Crippen LogP contribution in [-0.4, -0.2) is 27.8 Å². The molecule has 8 heteroatoms. The molecule has 1 atom stereocenters. The highest BCUT2D eigenvalue weighted by Crippen LogP contribution is 2.22. The summed E-state index contributed by atoms with van der Waals surface area (Å²) in [6, 6.07) is 9.19. The third-order valence-electron chi connectivity index (χ3n) is 4.33. The lowest BCUT2D eigenvalue weighted by Crippen LogP contribution is -2.30. The number of hydrogen-bond donors (Lipinski definition) is 2. The predicted molar refractivity (Wildman–Crippen MR) is 104 cm³/mol. The zero-order valence-electron chi connectivity index (χ0n) is 15.7. The molecule has 3 rings (SSSR count). The number of benzene rings is 1. The maximum atomic E-state index is 12.6. The molecule has 2 aromatic heterocycles. The van der Waals surface area contributed by atoms with Crippen LogP contribution in [0.25, 0.3) is 11.4 Å². The van der Waals surface area contributed by atoms with Gasteiger partial charge in [-0.25, -0.2) is 0 Å². The van der Waals surface area contributed by atoms with Crippen LogP contribution in [-0.2, 0) is 11.3 Å². The Labute approximate surface area is 162 Å². The van der Waals surface area contributed by atoms with Crippen LogP contribution in [0, 0.1) is 18.6 Å². The van der Waals surface area contributed by atoms with Crippen molar-refractivity contribution in [3.8, 4) is 17.1 Å². The molecule has 2 N–H and O–H groups in total. The maximum absolute atomic E-state index is 12.6. The van der Waals surface area contributed by atoms with E-state index in [1.54, 1.807) is 11.7 Å². The van der Waals surface area contributed by atoms with Gasteiger partial charge in [0.2, 0.25) is 5.91 Å². The van der Waals surface area contributed by atoms with Crippen molar-refractivity contribution in [1.82, 2.24) is 20.1 Å². The minimum atomic E-state index is -0.166. The zero-order chi connectivity index (χ0) is 19.6. The number of carbonyl (C=O) groups is 1. The topological polar surface area (TPSA) is 85.1 Å². The lowest BCUT2D eigenvalue weighted by Gasteiger charge is -2.14. The van der Waals surface area contributed by atoms with Gasteiger partial charge in [-0.2, -0.15) is 5.10 Å². The number of ether oxygens (including phenoxy) is 1. The van der Waals surface area contributed by atoms with E-state index >= 15 is 0 Å². The Kier molecular flexibility index (Phi) is 5.46. The van der Waals surface area contributed by atoms with E-state index in [4.69, 9.17) is 21.4 Å². The smallest absolute Gasteiger partial charge is 0.240 e. The van der Waals surface area contributed by atoms with Gasteiger partial charge in [-0.05, 0) is 63.3 Å². The molecule has 0 aliphatic heterocycles. The third-order valence-corrected chi connectivity index (χ3v) is 4.64. The summed E-state index contributed by atoms with van der Waals surface area (Å²) in [5.74, 6) is 2.81. The van der Waals surface area contributed by atoms with E-state index in [0.717, 1.165) is 28.4 Å². The number of methoxy groups -OCH3 is 1. The summed E-state index contributed by atoms with van der Waals surface area (Å²) in [5, 5.41) is 10.0. The molecule has 7 nitrogen and oxygen atoms in total. The van der Waals surface area contributed by atoms with Gasteiger partial charge in [-0.1, -0.05) is 0 Å². The normalized spacial score (nSPS) is 12.0. The number of nitrogens with one attached hydrogen (secondary N) is 2. The highest BCUT2D eigenvalue weighted by Gasteiger charge is 2.17. The van der Waals surface area contributed by atoms with Crippen LogP contribution < -0.4 is 10.1 Å². The fourth-order valence-electron chi connectivity index (χ4n) is 3.01. The molecule has 2 heterocycles. The van der Waals surface area contributed by atoms with Gasteiger partial charge in [-0.15, -0.1) is 0 Å². The SMILES string of the molecule is COc1ccc(-c2n[nH]c(=S)n2CC(=O)NC(C)c2cc(C)oc2C)cc1. The first kappa shape index (κ1) is 18.9. The minimum Gasteiger partial charge on any atom is -0.497 e. The largest absolute Gasteiger partial charge is 0.497 e. The average molecular weight is 386 g/mol. The molecule has 27 heavy (non-hydrogen) atoms. The monoisotopic (exact) mass is 386 g/mol. The van der Waals surface area contributed by atoms with Gasteiger partial charge < -0.3 is 14.5 Å². The van der Waals surface area contributed by atoms with E-state index < -0.39 is 0 Å². The summed E-state index contributed by atoms with van der Waals surface area (Å²) in [6.45, 7) is 5.76. The van der Waals surface area contributed by atoms with Crippen molar-refractivity contribution in [3.63, 3.8) is 0 Å². The fraction of sp³-hybridized carbons (Fsp3) is 0.316. The number of hydrogen-bond acceptors (Lipinski definition) is 5. The Morgan fingerprint density at radius 1 is 1.37 bits per heavy atom. The van der Waals surface area contributed by atoms with Crippen LogP contribution in [0.5, 0.6) is 5.75 Å². The Hall–Kier alpha value is -2.87. The first-order valence-corrected chi connectivity index (χ1v) is 8.95. The van der Waals surface area contributed by atoms with E-state index in [1.807, 2.05) is 51.1 Å². The second kappa shape index (κ2) is 7.79. The fourth-order valence-corrected chi connectivity index (χ4v) is 3.21. The molecule has 142 valence electrons. The molecule has 0 saturated carbocycles. The number of amides is 1. The van der Waals surface area contributed by atoms with Gasteiger partial charge in [0, 0.05) is 11.1 Å². The summed E-state index contributed by atoms with van der Waals surface area (Å²) in [7, 11) is 1.61. The number of rotatable bonds is 6. The quantitative estimate of drug-likeness (QED) is 0.631. The summed E-state index contributed by atoms with van der Waals surface area (Å²) in [6.07, 6.45) is 0. The van der Waals surface area contributed by atoms with Crippen molar-refractivity contribution < 1.29 is 13.9 Å². The van der Waals surface area contributed by atoms with Crippen LogP contribution >= 0.6 is 12.2 Å². The molecule has 0 saturated heterocycles. The average Bonchev–Trinajstić information content (AvgIpc) is 3.17. The Morgan fingerprint density at radius 2 is 2.07 bits per heavy atom. The highest BCUT2D eigenvalue weighted by atomic mass is 32.1. The van der Waals surface area contributed by atoms with Gasteiger partial charge >= 0.3 is 0 Å². The van der Waals surface area contributed by atoms with Crippen molar-refractivity contribution in [2.45, 2.75) is 33.4 Å². The van der Waals surface area contributed by atoms with Gasteiger partial charge in [0.15, 0.2) is 10.6 Å². The maximum Gasteiger partial charge on any atom is 0.240 e. The zero-order valence-corrected chi connectivity index (χ0v) is 16.5. The number of aryl methyl sites for hydroxylation is 2. The standard InChI is InChI=1S/C19H22N4O3S/c1-11-9-16(13(3)26-11)12(2)20-17(24)10-23-18(21-22-19(23)27)14-5-7-15(25-4)8-6-14/h5-9,12H,10H2,1-4H3,(H,20,24)(H,22,27). The number of furan rings is 1. The van der Waals surface area contributed by atoms with Crippen LogP contribution in [0.3, 0.4) is 0 Å². The minimum absolute atomic E-state index is 0.0664. The van der Waals surface area contributed by atoms with Gasteiger partial charge in [0.05, 0.1) is 13.2 Å². The van der Waals surface area contributed by atoms with Crippen molar-refractivity contribution >= 4 is 18.1 Å². The number of nitrogens with zero attached hydrogens (tertiary/aromatic N) is 2. The number of aromatic nitrogens is 3. The Bertz CT molecular complexity index is 1000. The van der Waals surface area contributed by atoms with Crippen LogP contribution in [0.15, 0.2) is 34.7 Å². The summed E-state index contributed by atoms with van der Waals surface area (Å²) >= 11 is 5.30. The molecule has 0 aliphatic rings. The lowest BCUT2D eigenvalue weighted by atomic mass is 10.1. The van der Waals surface area contributed by atoms with E-state index in [0.29, 0.717) is 10.6 Å². The predicted octanol–water partition coefficient (Wildman–Crippen LogP) is 3.70. The van der Waals surface area contributed by atoms with Crippen molar-refractivity contribution in [2.24, 2.45) is 0 Å². The second-order valence-corrected chi connectivity index (χ2v) is 6.71. The molecule has 0 aliphatic carbocycles. The van der Waals surface area contributed by atoms with Crippen molar-refractivity contribution in [2.75, 3.05) is 7.11 Å². The molecule has 0 bridgehead atoms. The molecule has 0 spiro atoms. The van der Waals surface area contributed by atoms with E-state index in [9.17, 15) is 4.79 Å². The van der Waals surface area contributed by atoms with Crippen LogP contribution in [0.1, 0.15) is 30.0 Å². The Balaban J connectivity index is 1.77. The first-order valence-electron chi connectivity index (χ1n) is 8.55. The number of carbonyl (C=O) groups excluding carboxylic acids is 1. The van der Waals surface area contributed by atoms with Crippen molar-refractivity contribution in [1.29, 1.82) is 0 Å². The van der Waals surface area contributed by atoms with Gasteiger partial charge in [-0.3, -0.25) is 14.5 Å². The molecule has 1 aromatic carbocycles. The molecule has 0 fully saturated rings. The summed E-state index contributed by atoms with van der Waals surface area (Å²) in [5.41, 5.74) is 1.80. The molecule has 0 radical (unpaired) electrons. The van der Waals surface area contributed by atoms with Gasteiger partial charge in [0.1, 0.15) is 23.8 Å². The van der Waals surface area contributed by atoms with Crippen LogP contribution in [0.2, 0.25) is 0 Å². The molecule has 1 amide bonds. The summed E-state index contributed by atoms with van der Waals surface area (Å²) < 4.78 is 12.8. The molecule has 1 unspecified atom stereocenters. The second-order valence-electron chi connectivity index (χ2n) is 6.32. The number of aromatic amines is 1. The number of H-pyrrole nitrogens is 1. The van der Waals surface area contributed by atoms with Crippen molar-refractivity contribution in [3.05, 3.63) is 52.2 Å². The lowest BCUT2D eigenvalue weighted by molar-refractivity contribution is -0.122. The highest BCUT2D eigenvalue weighted by molar-refractivity contribution is 7.71. The summed E-state index contributed by atoms with van der Waals surface area (Å²) in [4.78, 5) is 12.6. The molecular formula is C19H22N4O3S. The van der Waals surface area contributed by atoms with E-state index in [2.05, 4.69) is 15.5 Å².